The van der Waals surface area contributed by atoms with Gasteiger partial charge in [0, 0.05) is 24.5 Å². The average molecular weight is 244 g/mol. The number of piperidine rings is 1. The maximum atomic E-state index is 5.87. The molecule has 2 heterocycles. The predicted octanol–water partition coefficient (Wildman–Crippen LogP) is 2.62. The molecule has 2 aromatic rings. The predicted molar refractivity (Wildman–Crippen MR) is 73.6 cm³/mol. The van der Waals surface area contributed by atoms with E-state index in [1.165, 1.54) is 18.2 Å². The Hall–Kier alpha value is -1.32. The Labute approximate surface area is 108 Å². The largest absolute Gasteiger partial charge is 0.460 e. The minimum atomic E-state index is 0.692. The molecule has 0 saturated carbocycles. The van der Waals surface area contributed by atoms with Crippen molar-refractivity contribution >= 4 is 11.0 Å². The van der Waals surface area contributed by atoms with Crippen molar-refractivity contribution in [1.82, 2.24) is 10.2 Å². The number of benzene rings is 1. The molecule has 96 valence electrons. The molecule has 0 unspecified atom stereocenters. The molecular weight excluding hydrogens is 224 g/mol. The number of nitrogens with zero attached hydrogens (tertiary/aromatic N) is 1. The second kappa shape index (κ2) is 5.12. The molecule has 3 nitrogen and oxygen atoms in total. The third-order valence-corrected chi connectivity index (χ3v) is 3.85. The summed E-state index contributed by atoms with van der Waals surface area (Å²) in [6.07, 6.45) is 2.47. The van der Waals surface area contributed by atoms with Crippen molar-refractivity contribution in [1.29, 1.82) is 0 Å². The van der Waals surface area contributed by atoms with Crippen LogP contribution in [-0.4, -0.2) is 31.1 Å². The van der Waals surface area contributed by atoms with Crippen molar-refractivity contribution in [3.05, 3.63) is 36.1 Å². The minimum absolute atomic E-state index is 0.692. The zero-order valence-corrected chi connectivity index (χ0v) is 10.9. The minimum Gasteiger partial charge on any atom is -0.460 e. The standard InChI is InChI=1S/C15H20N2O/c1-16-13-6-8-17(9-7-13)11-14-10-12-4-2-3-5-15(12)18-14/h2-5,10,13,16H,6-9,11H2,1H3. The highest BCUT2D eigenvalue weighted by Gasteiger charge is 2.18. The SMILES string of the molecule is CNC1CCN(Cc2cc3ccccc3o2)CC1. The summed E-state index contributed by atoms with van der Waals surface area (Å²) in [4.78, 5) is 2.48. The summed E-state index contributed by atoms with van der Waals surface area (Å²) in [5.41, 5.74) is 0.998. The molecule has 1 fully saturated rings. The molecule has 3 rings (SSSR count). The van der Waals surface area contributed by atoms with Gasteiger partial charge in [-0.25, -0.2) is 0 Å². The zero-order chi connectivity index (χ0) is 12.4. The summed E-state index contributed by atoms with van der Waals surface area (Å²) in [6, 6.07) is 11.1. The molecule has 0 atom stereocenters. The number of hydrogen-bond donors (Lipinski definition) is 1. The van der Waals surface area contributed by atoms with Gasteiger partial charge in [0.15, 0.2) is 0 Å². The van der Waals surface area contributed by atoms with E-state index in [2.05, 4.69) is 35.5 Å². The van der Waals surface area contributed by atoms with Gasteiger partial charge in [-0.05, 0) is 32.0 Å². The first-order chi connectivity index (χ1) is 8.85. The Morgan fingerprint density at radius 1 is 1.28 bits per heavy atom. The lowest BCUT2D eigenvalue weighted by Gasteiger charge is -2.30. The number of furan rings is 1. The lowest BCUT2D eigenvalue weighted by atomic mass is 10.1. The molecule has 1 aliphatic heterocycles. The Morgan fingerprint density at radius 3 is 2.78 bits per heavy atom. The van der Waals surface area contributed by atoms with Crippen LogP contribution in [0.3, 0.4) is 0 Å². The second-order valence-electron chi connectivity index (χ2n) is 5.09. The van der Waals surface area contributed by atoms with Gasteiger partial charge in [0.25, 0.3) is 0 Å². The summed E-state index contributed by atoms with van der Waals surface area (Å²) < 4.78 is 5.87. The molecule has 0 bridgehead atoms. The smallest absolute Gasteiger partial charge is 0.134 e. The third-order valence-electron chi connectivity index (χ3n) is 3.85. The van der Waals surface area contributed by atoms with E-state index < -0.39 is 0 Å². The van der Waals surface area contributed by atoms with Crippen LogP contribution < -0.4 is 5.32 Å². The first-order valence-corrected chi connectivity index (χ1v) is 6.72. The molecule has 0 aliphatic carbocycles. The van der Waals surface area contributed by atoms with Gasteiger partial charge in [-0.15, -0.1) is 0 Å². The summed E-state index contributed by atoms with van der Waals surface area (Å²) in [5, 5.41) is 4.57. The number of para-hydroxylation sites is 1. The van der Waals surface area contributed by atoms with Gasteiger partial charge in [0.2, 0.25) is 0 Å². The number of likely N-dealkylation sites (tertiary alicyclic amines) is 1. The summed E-state index contributed by atoms with van der Waals surface area (Å²) in [5.74, 6) is 1.08. The number of rotatable bonds is 3. The van der Waals surface area contributed by atoms with Crippen molar-refractivity contribution in [2.24, 2.45) is 0 Å². The second-order valence-corrected chi connectivity index (χ2v) is 5.09. The number of hydrogen-bond acceptors (Lipinski definition) is 3. The van der Waals surface area contributed by atoms with Gasteiger partial charge in [0.1, 0.15) is 11.3 Å². The first-order valence-electron chi connectivity index (χ1n) is 6.72. The molecule has 0 amide bonds. The summed E-state index contributed by atoms with van der Waals surface area (Å²) >= 11 is 0. The van der Waals surface area contributed by atoms with Gasteiger partial charge >= 0.3 is 0 Å². The van der Waals surface area contributed by atoms with Gasteiger partial charge in [0.05, 0.1) is 6.54 Å². The van der Waals surface area contributed by atoms with Crippen molar-refractivity contribution in [2.45, 2.75) is 25.4 Å². The van der Waals surface area contributed by atoms with E-state index in [0.29, 0.717) is 6.04 Å². The maximum Gasteiger partial charge on any atom is 0.134 e. The fourth-order valence-corrected chi connectivity index (χ4v) is 2.71. The van der Waals surface area contributed by atoms with Crippen LogP contribution in [0.1, 0.15) is 18.6 Å². The van der Waals surface area contributed by atoms with Crippen molar-refractivity contribution in [2.75, 3.05) is 20.1 Å². The zero-order valence-electron chi connectivity index (χ0n) is 10.9. The fraction of sp³-hybridized carbons (Fsp3) is 0.467. The average Bonchev–Trinajstić information content (AvgIpc) is 2.82. The van der Waals surface area contributed by atoms with Gasteiger partial charge in [-0.1, -0.05) is 18.2 Å². The molecule has 1 saturated heterocycles. The Balaban J connectivity index is 1.66. The van der Waals surface area contributed by atoms with Crippen molar-refractivity contribution in [3.63, 3.8) is 0 Å². The molecule has 0 radical (unpaired) electrons. The fourth-order valence-electron chi connectivity index (χ4n) is 2.71. The lowest BCUT2D eigenvalue weighted by molar-refractivity contribution is 0.183. The molecule has 1 aliphatic rings. The lowest BCUT2D eigenvalue weighted by Crippen LogP contribution is -2.40. The number of fused-ring (bicyclic) bond motifs is 1. The van der Waals surface area contributed by atoms with Crippen LogP contribution in [0.5, 0.6) is 0 Å². The van der Waals surface area contributed by atoms with Crippen LogP contribution in [-0.2, 0) is 6.54 Å². The van der Waals surface area contributed by atoms with Crippen LogP contribution in [0.15, 0.2) is 34.7 Å². The summed E-state index contributed by atoms with van der Waals surface area (Å²) in [7, 11) is 2.06. The molecule has 1 N–H and O–H groups in total. The monoisotopic (exact) mass is 244 g/mol. The van der Waals surface area contributed by atoms with Crippen LogP contribution in [0, 0.1) is 0 Å². The van der Waals surface area contributed by atoms with E-state index >= 15 is 0 Å². The van der Waals surface area contributed by atoms with Crippen LogP contribution >= 0.6 is 0 Å². The van der Waals surface area contributed by atoms with E-state index in [1.54, 1.807) is 0 Å². The van der Waals surface area contributed by atoms with E-state index in [0.717, 1.165) is 31.0 Å². The Kier molecular flexibility index (Phi) is 3.35. The van der Waals surface area contributed by atoms with Gasteiger partial charge < -0.3 is 9.73 Å². The molecule has 18 heavy (non-hydrogen) atoms. The molecule has 3 heteroatoms. The quantitative estimate of drug-likeness (QED) is 0.899. The highest BCUT2D eigenvalue weighted by Crippen LogP contribution is 2.21. The highest BCUT2D eigenvalue weighted by atomic mass is 16.3. The van der Waals surface area contributed by atoms with E-state index in [4.69, 9.17) is 4.42 Å². The van der Waals surface area contributed by atoms with E-state index in [9.17, 15) is 0 Å². The molecule has 1 aromatic heterocycles. The molecular formula is C15H20N2O. The normalized spacial score (nSPS) is 18.5. The van der Waals surface area contributed by atoms with Crippen LogP contribution in [0.2, 0.25) is 0 Å². The topological polar surface area (TPSA) is 28.4 Å². The third kappa shape index (κ3) is 2.42. The Bertz CT molecular complexity index is 479. The van der Waals surface area contributed by atoms with E-state index in [1.807, 2.05) is 12.1 Å². The Morgan fingerprint density at radius 2 is 2.06 bits per heavy atom. The van der Waals surface area contributed by atoms with Crippen molar-refractivity contribution < 1.29 is 4.42 Å². The van der Waals surface area contributed by atoms with Gasteiger partial charge in [-0.3, -0.25) is 4.90 Å². The molecule has 0 spiro atoms. The summed E-state index contributed by atoms with van der Waals surface area (Å²) in [6.45, 7) is 3.25. The highest BCUT2D eigenvalue weighted by molar-refractivity contribution is 5.77. The molecule has 1 aromatic carbocycles. The van der Waals surface area contributed by atoms with Crippen LogP contribution in [0.25, 0.3) is 11.0 Å². The number of nitrogens with one attached hydrogen (secondary N) is 1. The first kappa shape index (κ1) is 11.8. The maximum absolute atomic E-state index is 5.87. The van der Waals surface area contributed by atoms with Crippen LogP contribution in [0.4, 0.5) is 0 Å². The van der Waals surface area contributed by atoms with Gasteiger partial charge in [-0.2, -0.15) is 0 Å². The van der Waals surface area contributed by atoms with E-state index in [-0.39, 0.29) is 0 Å². The van der Waals surface area contributed by atoms with Crippen molar-refractivity contribution in [3.8, 4) is 0 Å².